The molecular formula is C21H24Cl2N4O3. The maximum atomic E-state index is 11.8. The van der Waals surface area contributed by atoms with Gasteiger partial charge in [-0.1, -0.05) is 41.4 Å². The molecule has 7 nitrogen and oxygen atoms in total. The Bertz CT molecular complexity index is 956. The van der Waals surface area contributed by atoms with Crippen molar-refractivity contribution in [3.8, 4) is 11.1 Å². The van der Waals surface area contributed by atoms with Crippen LogP contribution < -0.4 is 10.6 Å². The minimum absolute atomic E-state index is 0.124. The molecule has 0 atom stereocenters. The number of carbonyl (C=O) groups excluding carboxylic acids is 1. The molecule has 2 aromatic heterocycles. The topological polar surface area (TPSA) is 110 Å². The standard InChI is InChI=1S/C15H19ClN4O3.C6H5Cl/c1-15(2,23)20-13-6-10(11(16)8-19-13)9-5-12(18-7-9)14(22)17-3-4-21;7-6-4-2-1-3-5-6/h5-8,18,21,23H,3-4H2,1-2H3,(H,17,22)(H,19,20);1-5H. The lowest BCUT2D eigenvalue weighted by molar-refractivity contribution is 0.0940. The van der Waals surface area contributed by atoms with Gasteiger partial charge in [-0.2, -0.15) is 0 Å². The smallest absolute Gasteiger partial charge is 0.267 e. The number of rotatable bonds is 6. The lowest BCUT2D eigenvalue weighted by Crippen LogP contribution is -2.30. The van der Waals surface area contributed by atoms with Gasteiger partial charge in [0, 0.05) is 35.1 Å². The van der Waals surface area contributed by atoms with Crippen molar-refractivity contribution in [1.29, 1.82) is 0 Å². The van der Waals surface area contributed by atoms with E-state index in [1.165, 1.54) is 6.20 Å². The van der Waals surface area contributed by atoms with E-state index in [0.29, 0.717) is 27.7 Å². The van der Waals surface area contributed by atoms with Crippen molar-refractivity contribution in [2.75, 3.05) is 18.5 Å². The fourth-order valence-electron chi connectivity index (χ4n) is 2.40. The van der Waals surface area contributed by atoms with Crippen molar-refractivity contribution in [2.24, 2.45) is 0 Å². The number of halogens is 2. The number of aliphatic hydroxyl groups is 2. The monoisotopic (exact) mass is 450 g/mol. The van der Waals surface area contributed by atoms with Crippen LogP contribution in [0.2, 0.25) is 10.0 Å². The molecule has 0 radical (unpaired) electrons. The summed E-state index contributed by atoms with van der Waals surface area (Å²) in [5.41, 5.74) is 0.625. The fraction of sp³-hybridized carbons (Fsp3) is 0.238. The van der Waals surface area contributed by atoms with E-state index >= 15 is 0 Å². The van der Waals surface area contributed by atoms with E-state index in [4.69, 9.17) is 28.3 Å². The number of aliphatic hydroxyl groups excluding tert-OH is 1. The van der Waals surface area contributed by atoms with Gasteiger partial charge in [0.1, 0.15) is 17.2 Å². The minimum Gasteiger partial charge on any atom is -0.395 e. The summed E-state index contributed by atoms with van der Waals surface area (Å²) in [5, 5.41) is 25.1. The number of aromatic nitrogens is 2. The van der Waals surface area contributed by atoms with E-state index in [0.717, 1.165) is 5.02 Å². The van der Waals surface area contributed by atoms with Gasteiger partial charge in [0.15, 0.2) is 0 Å². The van der Waals surface area contributed by atoms with E-state index < -0.39 is 5.72 Å². The van der Waals surface area contributed by atoms with Crippen LogP contribution in [0.1, 0.15) is 24.3 Å². The SMILES string of the molecule is CC(C)(O)Nc1cc(-c2c[nH]c(C(=O)NCCO)c2)c(Cl)cn1.Clc1ccccc1. The van der Waals surface area contributed by atoms with Gasteiger partial charge in [0.05, 0.1) is 11.6 Å². The molecule has 0 unspecified atom stereocenters. The van der Waals surface area contributed by atoms with Crippen LogP contribution in [0, 0.1) is 0 Å². The molecule has 3 rings (SSSR count). The summed E-state index contributed by atoms with van der Waals surface area (Å²) in [6.07, 6.45) is 3.13. The van der Waals surface area contributed by atoms with Crippen LogP contribution in [0.3, 0.4) is 0 Å². The van der Waals surface area contributed by atoms with Gasteiger partial charge in [0.25, 0.3) is 5.91 Å². The first-order valence-electron chi connectivity index (χ1n) is 9.14. The van der Waals surface area contributed by atoms with Gasteiger partial charge in [-0.05, 0) is 38.1 Å². The van der Waals surface area contributed by atoms with Crippen molar-refractivity contribution in [3.05, 3.63) is 70.6 Å². The average molecular weight is 451 g/mol. The zero-order valence-electron chi connectivity index (χ0n) is 16.6. The quantitative estimate of drug-likeness (QED) is 0.365. The summed E-state index contributed by atoms with van der Waals surface area (Å²) >= 11 is 11.7. The number of nitrogens with one attached hydrogen (secondary N) is 3. The highest BCUT2D eigenvalue weighted by Gasteiger charge is 2.15. The fourth-order valence-corrected chi connectivity index (χ4v) is 2.76. The molecule has 0 aliphatic carbocycles. The Hall–Kier alpha value is -2.58. The van der Waals surface area contributed by atoms with Crippen molar-refractivity contribution in [3.63, 3.8) is 0 Å². The number of pyridine rings is 1. The zero-order chi connectivity index (χ0) is 22.1. The summed E-state index contributed by atoms with van der Waals surface area (Å²) in [4.78, 5) is 18.8. The normalized spacial score (nSPS) is 10.7. The second-order valence-electron chi connectivity index (χ2n) is 6.81. The van der Waals surface area contributed by atoms with E-state index in [2.05, 4.69) is 20.6 Å². The molecule has 0 saturated heterocycles. The molecule has 3 aromatic rings. The highest BCUT2D eigenvalue weighted by Crippen LogP contribution is 2.30. The number of aromatic amines is 1. The van der Waals surface area contributed by atoms with Crippen LogP contribution in [-0.4, -0.2) is 45.0 Å². The molecule has 0 spiro atoms. The summed E-state index contributed by atoms with van der Waals surface area (Å²) in [7, 11) is 0. The van der Waals surface area contributed by atoms with Gasteiger partial charge in [-0.3, -0.25) is 4.79 Å². The second-order valence-corrected chi connectivity index (χ2v) is 7.65. The van der Waals surface area contributed by atoms with Gasteiger partial charge in [-0.25, -0.2) is 4.98 Å². The minimum atomic E-state index is -1.12. The Balaban J connectivity index is 0.000000386. The Morgan fingerprint density at radius 1 is 1.20 bits per heavy atom. The summed E-state index contributed by atoms with van der Waals surface area (Å²) in [6, 6.07) is 12.8. The highest BCUT2D eigenvalue weighted by molar-refractivity contribution is 6.33. The third kappa shape index (κ3) is 7.68. The molecule has 0 saturated carbocycles. The van der Waals surface area contributed by atoms with E-state index in [1.54, 1.807) is 32.2 Å². The molecule has 5 N–H and O–H groups in total. The van der Waals surface area contributed by atoms with E-state index in [9.17, 15) is 9.90 Å². The third-order valence-corrected chi connectivity index (χ3v) is 4.21. The van der Waals surface area contributed by atoms with Crippen molar-refractivity contribution in [1.82, 2.24) is 15.3 Å². The number of H-pyrrole nitrogens is 1. The lowest BCUT2D eigenvalue weighted by Gasteiger charge is -2.20. The molecule has 0 bridgehead atoms. The summed E-state index contributed by atoms with van der Waals surface area (Å²) in [5.74, 6) is 0.148. The first-order valence-corrected chi connectivity index (χ1v) is 9.89. The number of amides is 1. The molecule has 2 heterocycles. The zero-order valence-corrected chi connectivity index (χ0v) is 18.1. The van der Waals surface area contributed by atoms with E-state index in [-0.39, 0.29) is 19.1 Å². The Labute approximate surface area is 185 Å². The highest BCUT2D eigenvalue weighted by atomic mass is 35.5. The first-order chi connectivity index (χ1) is 14.2. The van der Waals surface area contributed by atoms with Crippen molar-refractivity contribution in [2.45, 2.75) is 19.6 Å². The average Bonchev–Trinajstić information content (AvgIpc) is 3.18. The van der Waals surface area contributed by atoms with Crippen LogP contribution in [0.5, 0.6) is 0 Å². The number of hydrogen-bond acceptors (Lipinski definition) is 5. The lowest BCUT2D eigenvalue weighted by atomic mass is 10.1. The number of hydrogen-bond donors (Lipinski definition) is 5. The van der Waals surface area contributed by atoms with Crippen LogP contribution >= 0.6 is 23.2 Å². The number of benzene rings is 1. The molecule has 30 heavy (non-hydrogen) atoms. The molecule has 1 aromatic carbocycles. The van der Waals surface area contributed by atoms with Gasteiger partial charge >= 0.3 is 0 Å². The molecule has 9 heteroatoms. The van der Waals surface area contributed by atoms with Gasteiger partial charge < -0.3 is 25.8 Å². The maximum absolute atomic E-state index is 11.8. The van der Waals surface area contributed by atoms with Gasteiger partial charge in [0.2, 0.25) is 0 Å². The number of carbonyl (C=O) groups is 1. The van der Waals surface area contributed by atoms with Crippen molar-refractivity contribution >= 4 is 34.9 Å². The Morgan fingerprint density at radius 3 is 2.47 bits per heavy atom. The number of nitrogens with zero attached hydrogens (tertiary/aromatic N) is 1. The van der Waals surface area contributed by atoms with Crippen LogP contribution in [0.4, 0.5) is 5.82 Å². The molecule has 0 aliphatic heterocycles. The van der Waals surface area contributed by atoms with Crippen LogP contribution in [-0.2, 0) is 0 Å². The summed E-state index contributed by atoms with van der Waals surface area (Å²) < 4.78 is 0. The van der Waals surface area contributed by atoms with E-state index in [1.807, 2.05) is 30.3 Å². The third-order valence-electron chi connectivity index (χ3n) is 3.66. The molecule has 160 valence electrons. The molecule has 0 fully saturated rings. The first kappa shape index (κ1) is 23.7. The largest absolute Gasteiger partial charge is 0.395 e. The second kappa shape index (κ2) is 11.0. The molecule has 1 amide bonds. The Kier molecular flexibility index (Phi) is 8.68. The predicted molar refractivity (Wildman–Crippen MR) is 120 cm³/mol. The van der Waals surface area contributed by atoms with Gasteiger partial charge in [-0.15, -0.1) is 0 Å². The Morgan fingerprint density at radius 2 is 1.90 bits per heavy atom. The number of anilines is 1. The summed E-state index contributed by atoms with van der Waals surface area (Å²) in [6.45, 7) is 3.26. The molecule has 0 aliphatic rings. The van der Waals surface area contributed by atoms with Crippen LogP contribution in [0.15, 0.2) is 54.9 Å². The maximum Gasteiger partial charge on any atom is 0.267 e. The molecular weight excluding hydrogens is 427 g/mol. The van der Waals surface area contributed by atoms with Crippen molar-refractivity contribution < 1.29 is 15.0 Å². The predicted octanol–water partition coefficient (Wildman–Crippen LogP) is 3.93. The van der Waals surface area contributed by atoms with Crippen LogP contribution in [0.25, 0.3) is 11.1 Å².